The highest BCUT2D eigenvalue weighted by Gasteiger charge is 2.39. The van der Waals surface area contributed by atoms with E-state index in [9.17, 15) is 8.42 Å². The van der Waals surface area contributed by atoms with Crippen molar-refractivity contribution in [1.82, 2.24) is 14.3 Å². The van der Waals surface area contributed by atoms with Crippen molar-refractivity contribution in [2.45, 2.75) is 24.8 Å². The van der Waals surface area contributed by atoms with E-state index in [0.29, 0.717) is 27.7 Å². The Hall–Kier alpha value is -1.90. The summed E-state index contributed by atoms with van der Waals surface area (Å²) in [5.41, 5.74) is 1.31. The van der Waals surface area contributed by atoms with Crippen molar-refractivity contribution < 1.29 is 17.9 Å². The zero-order chi connectivity index (χ0) is 18.2. The molecule has 3 rings (SSSR count). The van der Waals surface area contributed by atoms with E-state index in [1.807, 2.05) is 0 Å². The van der Waals surface area contributed by atoms with Gasteiger partial charge in [-0.05, 0) is 48.7 Å². The fourth-order valence-corrected chi connectivity index (χ4v) is 4.85. The number of nitrogens with zero attached hydrogens (tertiary/aromatic N) is 3. The van der Waals surface area contributed by atoms with Gasteiger partial charge in [-0.2, -0.15) is 9.29 Å². The summed E-state index contributed by atoms with van der Waals surface area (Å²) in [5.74, 6) is 0.971. The SMILES string of the molecule is COc1cc(C)c(S(=O)(=O)N2CC(Oc3ccnc(Cl)n3)C2)c(C)c1. The van der Waals surface area contributed by atoms with Crippen molar-refractivity contribution in [3.8, 4) is 11.6 Å². The average molecular weight is 384 g/mol. The first-order chi connectivity index (χ1) is 11.8. The minimum Gasteiger partial charge on any atom is -0.497 e. The van der Waals surface area contributed by atoms with Gasteiger partial charge in [0.2, 0.25) is 21.2 Å². The second-order valence-corrected chi connectivity index (χ2v) is 8.03. The van der Waals surface area contributed by atoms with Crippen molar-refractivity contribution in [3.63, 3.8) is 0 Å². The lowest BCUT2D eigenvalue weighted by Crippen LogP contribution is -2.56. The molecule has 0 amide bonds. The lowest BCUT2D eigenvalue weighted by atomic mass is 10.1. The number of ether oxygens (including phenoxy) is 2. The van der Waals surface area contributed by atoms with Gasteiger partial charge < -0.3 is 9.47 Å². The number of methoxy groups -OCH3 is 1. The van der Waals surface area contributed by atoms with E-state index in [4.69, 9.17) is 21.1 Å². The molecule has 2 aromatic rings. The second kappa shape index (κ2) is 6.78. The maximum absolute atomic E-state index is 12.9. The Kier molecular flexibility index (Phi) is 4.86. The minimum absolute atomic E-state index is 0.0887. The number of benzene rings is 1. The van der Waals surface area contributed by atoms with Crippen LogP contribution in [-0.4, -0.2) is 49.0 Å². The van der Waals surface area contributed by atoms with Crippen LogP contribution >= 0.6 is 11.6 Å². The van der Waals surface area contributed by atoms with Gasteiger partial charge in [0.15, 0.2) is 0 Å². The minimum atomic E-state index is -3.58. The molecule has 134 valence electrons. The van der Waals surface area contributed by atoms with Crippen LogP contribution in [0.5, 0.6) is 11.6 Å². The third kappa shape index (κ3) is 3.56. The summed E-state index contributed by atoms with van der Waals surface area (Å²) in [6, 6.07) is 5.02. The fourth-order valence-electron chi connectivity index (χ4n) is 2.79. The maximum Gasteiger partial charge on any atom is 0.243 e. The van der Waals surface area contributed by atoms with E-state index < -0.39 is 10.0 Å². The number of rotatable bonds is 5. The third-order valence-electron chi connectivity index (χ3n) is 3.97. The van der Waals surface area contributed by atoms with E-state index in [1.54, 1.807) is 39.2 Å². The number of sulfonamides is 1. The van der Waals surface area contributed by atoms with Gasteiger partial charge in [0.25, 0.3) is 0 Å². The summed E-state index contributed by atoms with van der Waals surface area (Å²) in [7, 11) is -2.03. The molecular formula is C16H18ClN3O4S. The van der Waals surface area contributed by atoms with Crippen LogP contribution in [0.25, 0.3) is 0 Å². The van der Waals surface area contributed by atoms with Gasteiger partial charge in [0.05, 0.1) is 25.1 Å². The molecule has 2 heterocycles. The molecule has 0 saturated carbocycles. The van der Waals surface area contributed by atoms with Crippen molar-refractivity contribution >= 4 is 21.6 Å². The van der Waals surface area contributed by atoms with E-state index in [0.717, 1.165) is 0 Å². The van der Waals surface area contributed by atoms with Crippen molar-refractivity contribution in [3.05, 3.63) is 40.8 Å². The topological polar surface area (TPSA) is 81.6 Å². The highest BCUT2D eigenvalue weighted by molar-refractivity contribution is 7.89. The zero-order valence-electron chi connectivity index (χ0n) is 14.1. The largest absolute Gasteiger partial charge is 0.497 e. The summed E-state index contributed by atoms with van der Waals surface area (Å²) in [6.07, 6.45) is 1.22. The first kappa shape index (κ1) is 17.9. The molecule has 0 spiro atoms. The van der Waals surface area contributed by atoms with Gasteiger partial charge >= 0.3 is 0 Å². The molecule has 0 N–H and O–H groups in total. The van der Waals surface area contributed by atoms with Crippen LogP contribution in [0.15, 0.2) is 29.3 Å². The molecule has 1 saturated heterocycles. The van der Waals surface area contributed by atoms with Crippen molar-refractivity contribution in [2.75, 3.05) is 20.2 Å². The van der Waals surface area contributed by atoms with Gasteiger partial charge in [0.1, 0.15) is 11.9 Å². The molecule has 1 aliphatic rings. The predicted octanol–water partition coefficient (Wildman–Crippen LogP) is 2.21. The van der Waals surface area contributed by atoms with Crippen LogP contribution in [-0.2, 0) is 10.0 Å². The van der Waals surface area contributed by atoms with Gasteiger partial charge in [-0.15, -0.1) is 0 Å². The first-order valence-corrected chi connectivity index (χ1v) is 9.43. The van der Waals surface area contributed by atoms with E-state index in [2.05, 4.69) is 9.97 Å². The summed E-state index contributed by atoms with van der Waals surface area (Å²) in [4.78, 5) is 8.03. The van der Waals surface area contributed by atoms with Gasteiger partial charge in [-0.3, -0.25) is 0 Å². The van der Waals surface area contributed by atoms with E-state index in [-0.39, 0.29) is 24.5 Å². The molecule has 0 radical (unpaired) electrons. The Morgan fingerprint density at radius 3 is 2.44 bits per heavy atom. The van der Waals surface area contributed by atoms with Crippen LogP contribution in [0.1, 0.15) is 11.1 Å². The number of aromatic nitrogens is 2. The lowest BCUT2D eigenvalue weighted by Gasteiger charge is -2.38. The Bertz CT molecular complexity index is 875. The smallest absolute Gasteiger partial charge is 0.243 e. The molecule has 1 aromatic carbocycles. The lowest BCUT2D eigenvalue weighted by molar-refractivity contribution is 0.0719. The number of aryl methyl sites for hydroxylation is 2. The molecule has 0 aliphatic carbocycles. The van der Waals surface area contributed by atoms with Crippen molar-refractivity contribution in [2.24, 2.45) is 0 Å². The Balaban J connectivity index is 1.73. The maximum atomic E-state index is 12.9. The fraction of sp³-hybridized carbons (Fsp3) is 0.375. The summed E-state index contributed by atoms with van der Waals surface area (Å²) in [6.45, 7) is 4.04. The summed E-state index contributed by atoms with van der Waals surface area (Å²) in [5, 5.41) is 0.0887. The quantitative estimate of drug-likeness (QED) is 0.736. The normalized spacial score (nSPS) is 15.7. The average Bonchev–Trinajstić information content (AvgIpc) is 2.49. The molecule has 9 heteroatoms. The monoisotopic (exact) mass is 383 g/mol. The molecule has 0 unspecified atom stereocenters. The molecule has 0 bridgehead atoms. The van der Waals surface area contributed by atoms with E-state index in [1.165, 1.54) is 10.5 Å². The Morgan fingerprint density at radius 2 is 1.88 bits per heavy atom. The van der Waals surface area contributed by atoms with Crippen LogP contribution in [0.4, 0.5) is 0 Å². The molecular weight excluding hydrogens is 366 g/mol. The Labute approximate surface area is 151 Å². The number of halogens is 1. The summed E-state index contributed by atoms with van der Waals surface area (Å²) < 4.78 is 38.0. The standard InChI is InChI=1S/C16H18ClN3O4S/c1-10-6-12(23-3)7-11(2)15(10)25(21,22)20-8-13(9-20)24-14-4-5-18-16(17)19-14/h4-7,13H,8-9H2,1-3H3. The zero-order valence-corrected chi connectivity index (χ0v) is 15.6. The van der Waals surface area contributed by atoms with Crippen molar-refractivity contribution in [1.29, 1.82) is 0 Å². The number of hydrogen-bond acceptors (Lipinski definition) is 6. The molecule has 1 aromatic heterocycles. The van der Waals surface area contributed by atoms with Gasteiger partial charge in [-0.25, -0.2) is 13.4 Å². The Morgan fingerprint density at radius 1 is 1.24 bits per heavy atom. The number of hydrogen-bond donors (Lipinski definition) is 0. The summed E-state index contributed by atoms with van der Waals surface area (Å²) >= 11 is 5.71. The highest BCUT2D eigenvalue weighted by Crippen LogP contribution is 2.31. The van der Waals surface area contributed by atoms with Gasteiger partial charge in [0, 0.05) is 12.3 Å². The predicted molar refractivity (Wildman–Crippen MR) is 92.7 cm³/mol. The van der Waals surface area contributed by atoms with Crippen LogP contribution in [0, 0.1) is 13.8 Å². The second-order valence-electron chi connectivity index (χ2n) is 5.82. The van der Waals surface area contributed by atoms with Crippen LogP contribution in [0.2, 0.25) is 5.28 Å². The molecule has 7 nitrogen and oxygen atoms in total. The van der Waals surface area contributed by atoms with Crippen LogP contribution < -0.4 is 9.47 Å². The van der Waals surface area contributed by atoms with Gasteiger partial charge in [-0.1, -0.05) is 0 Å². The first-order valence-electron chi connectivity index (χ1n) is 7.62. The molecule has 0 atom stereocenters. The highest BCUT2D eigenvalue weighted by atomic mass is 35.5. The molecule has 1 fully saturated rings. The van der Waals surface area contributed by atoms with E-state index >= 15 is 0 Å². The molecule has 25 heavy (non-hydrogen) atoms. The van der Waals surface area contributed by atoms with Crippen LogP contribution in [0.3, 0.4) is 0 Å². The third-order valence-corrected chi connectivity index (χ3v) is 6.29. The molecule has 1 aliphatic heterocycles.